The molecule has 1 rings (SSSR count). The van der Waals surface area contributed by atoms with Crippen molar-refractivity contribution in [3.05, 3.63) is 16.0 Å². The highest BCUT2D eigenvalue weighted by Gasteiger charge is 2.31. The van der Waals surface area contributed by atoms with Gasteiger partial charge < -0.3 is 4.90 Å². The van der Waals surface area contributed by atoms with Crippen LogP contribution in [0.5, 0.6) is 0 Å². The number of carbonyl (C=O) groups excluding carboxylic acids is 1. The summed E-state index contributed by atoms with van der Waals surface area (Å²) in [6.07, 6.45) is -1.26. The zero-order valence-corrected chi connectivity index (χ0v) is 10.5. The molecule has 0 N–H and O–H groups in total. The van der Waals surface area contributed by atoms with Gasteiger partial charge in [-0.2, -0.15) is 18.3 Å². The minimum absolute atomic E-state index is 0.185. The first-order valence-electron chi connectivity index (χ1n) is 4.26. The molecule has 0 atom stereocenters. The van der Waals surface area contributed by atoms with Crippen LogP contribution in [0.2, 0.25) is 0 Å². The number of hydrogen-bond acceptors (Lipinski definition) is 2. The lowest BCUT2D eigenvalue weighted by molar-refractivity contribution is -0.158. The van der Waals surface area contributed by atoms with Gasteiger partial charge in [0.05, 0.1) is 9.77 Å². The fourth-order valence-electron chi connectivity index (χ4n) is 1.04. The number of nitrogens with zero attached hydrogens (tertiary/aromatic N) is 3. The van der Waals surface area contributed by atoms with Crippen molar-refractivity contribution in [1.82, 2.24) is 14.7 Å². The van der Waals surface area contributed by atoms with Crippen molar-refractivity contribution in [2.45, 2.75) is 12.7 Å². The molecule has 0 radical (unpaired) electrons. The van der Waals surface area contributed by atoms with E-state index in [2.05, 4.69) is 5.10 Å². The van der Waals surface area contributed by atoms with Crippen LogP contribution in [-0.2, 0) is 11.3 Å². The first-order valence-corrected chi connectivity index (χ1v) is 5.34. The molecule has 16 heavy (non-hydrogen) atoms. The Labute approximate surface area is 104 Å². The Bertz CT molecular complexity index is 377. The number of likely N-dealkylation sites (N-methyl/N-ethyl adjacent to an activating group) is 1. The molecular weight excluding hydrogens is 338 g/mol. The Hall–Kier alpha value is -0.800. The molecule has 1 heterocycles. The zero-order chi connectivity index (χ0) is 12.3. The maximum atomic E-state index is 12.0. The first-order chi connectivity index (χ1) is 7.28. The summed E-state index contributed by atoms with van der Waals surface area (Å²) in [4.78, 5) is 12.0. The third-order valence-corrected chi connectivity index (χ3v) is 2.30. The molecule has 1 aromatic heterocycles. The van der Waals surface area contributed by atoms with E-state index in [1.165, 1.54) is 10.9 Å². The SMILES string of the molecule is CN(CC(F)(F)F)C(=O)Cn1cc(I)cn1. The maximum absolute atomic E-state index is 12.0. The van der Waals surface area contributed by atoms with Crippen LogP contribution in [0.4, 0.5) is 13.2 Å². The highest BCUT2D eigenvalue weighted by Crippen LogP contribution is 2.15. The maximum Gasteiger partial charge on any atom is 0.406 e. The number of rotatable bonds is 3. The number of halogens is 4. The van der Waals surface area contributed by atoms with Gasteiger partial charge in [0.15, 0.2) is 0 Å². The Balaban J connectivity index is 2.52. The highest BCUT2D eigenvalue weighted by molar-refractivity contribution is 14.1. The summed E-state index contributed by atoms with van der Waals surface area (Å²) in [5.74, 6) is -0.628. The Morgan fingerprint density at radius 2 is 2.25 bits per heavy atom. The van der Waals surface area contributed by atoms with E-state index in [0.29, 0.717) is 4.90 Å². The van der Waals surface area contributed by atoms with E-state index in [-0.39, 0.29) is 6.54 Å². The van der Waals surface area contributed by atoms with Gasteiger partial charge >= 0.3 is 6.18 Å². The van der Waals surface area contributed by atoms with Crippen LogP contribution in [0.15, 0.2) is 12.4 Å². The molecule has 0 unspecified atom stereocenters. The van der Waals surface area contributed by atoms with Crippen LogP contribution in [0, 0.1) is 3.57 Å². The van der Waals surface area contributed by atoms with Crippen molar-refractivity contribution in [1.29, 1.82) is 0 Å². The monoisotopic (exact) mass is 347 g/mol. The summed E-state index contributed by atoms with van der Waals surface area (Å²) < 4.78 is 38.1. The van der Waals surface area contributed by atoms with E-state index in [0.717, 1.165) is 10.6 Å². The topological polar surface area (TPSA) is 38.1 Å². The van der Waals surface area contributed by atoms with Gasteiger partial charge in [-0.3, -0.25) is 9.48 Å². The second-order valence-electron chi connectivity index (χ2n) is 3.22. The van der Waals surface area contributed by atoms with Crippen molar-refractivity contribution >= 4 is 28.5 Å². The molecule has 0 aromatic carbocycles. The lowest BCUT2D eigenvalue weighted by atomic mass is 10.4. The minimum atomic E-state index is -4.37. The third-order valence-electron chi connectivity index (χ3n) is 1.74. The number of aromatic nitrogens is 2. The average molecular weight is 347 g/mol. The van der Waals surface area contributed by atoms with E-state index in [9.17, 15) is 18.0 Å². The van der Waals surface area contributed by atoms with Crippen molar-refractivity contribution in [3.8, 4) is 0 Å². The van der Waals surface area contributed by atoms with E-state index >= 15 is 0 Å². The van der Waals surface area contributed by atoms with Gasteiger partial charge in [0.1, 0.15) is 13.1 Å². The quantitative estimate of drug-likeness (QED) is 0.778. The molecule has 0 aliphatic carbocycles. The fourth-order valence-corrected chi connectivity index (χ4v) is 1.49. The van der Waals surface area contributed by atoms with Crippen LogP contribution < -0.4 is 0 Å². The molecule has 0 aliphatic heterocycles. The molecule has 0 fully saturated rings. The number of hydrogen-bond donors (Lipinski definition) is 0. The number of carbonyl (C=O) groups is 1. The minimum Gasteiger partial charge on any atom is -0.335 e. The third kappa shape index (κ3) is 4.37. The fraction of sp³-hybridized carbons (Fsp3) is 0.500. The summed E-state index contributed by atoms with van der Waals surface area (Å²) in [5.41, 5.74) is 0. The number of amides is 1. The molecule has 90 valence electrons. The van der Waals surface area contributed by atoms with E-state index in [1.807, 2.05) is 22.6 Å². The molecular formula is C8H9F3IN3O. The summed E-state index contributed by atoms with van der Waals surface area (Å²) in [7, 11) is 1.12. The van der Waals surface area contributed by atoms with E-state index in [4.69, 9.17) is 0 Å². The summed E-state index contributed by atoms with van der Waals surface area (Å²) in [6, 6.07) is 0. The Kier molecular flexibility index (Phi) is 4.16. The second-order valence-corrected chi connectivity index (χ2v) is 4.47. The Morgan fingerprint density at radius 1 is 1.62 bits per heavy atom. The normalized spacial score (nSPS) is 11.6. The Morgan fingerprint density at radius 3 is 2.69 bits per heavy atom. The van der Waals surface area contributed by atoms with Crippen LogP contribution >= 0.6 is 22.6 Å². The second kappa shape index (κ2) is 5.02. The van der Waals surface area contributed by atoms with E-state index in [1.54, 1.807) is 6.20 Å². The van der Waals surface area contributed by atoms with Gasteiger partial charge in [-0.25, -0.2) is 0 Å². The molecule has 1 amide bonds. The smallest absolute Gasteiger partial charge is 0.335 e. The molecule has 0 saturated carbocycles. The predicted octanol–water partition coefficient (Wildman–Crippen LogP) is 1.51. The van der Waals surface area contributed by atoms with Crippen molar-refractivity contribution in [2.75, 3.05) is 13.6 Å². The van der Waals surface area contributed by atoms with Gasteiger partial charge in [0, 0.05) is 13.2 Å². The zero-order valence-electron chi connectivity index (χ0n) is 8.33. The number of alkyl halides is 3. The average Bonchev–Trinajstić information content (AvgIpc) is 2.48. The van der Waals surface area contributed by atoms with Crippen LogP contribution in [0.1, 0.15) is 0 Å². The summed E-state index contributed by atoms with van der Waals surface area (Å²) in [5, 5.41) is 3.82. The standard InChI is InChI=1S/C8H9F3IN3O/c1-14(5-8(9,10)11)7(16)4-15-3-6(12)2-13-15/h2-3H,4-5H2,1H3. The first kappa shape index (κ1) is 13.3. The van der Waals surface area contributed by atoms with Crippen LogP contribution in [0.25, 0.3) is 0 Å². The van der Waals surface area contributed by atoms with E-state index < -0.39 is 18.6 Å². The lowest BCUT2D eigenvalue weighted by Gasteiger charge is -2.18. The molecule has 0 bridgehead atoms. The van der Waals surface area contributed by atoms with Gasteiger partial charge in [-0.05, 0) is 22.6 Å². The largest absolute Gasteiger partial charge is 0.406 e. The molecule has 8 heteroatoms. The van der Waals surface area contributed by atoms with Crippen molar-refractivity contribution < 1.29 is 18.0 Å². The van der Waals surface area contributed by atoms with Crippen molar-refractivity contribution in [3.63, 3.8) is 0 Å². The molecule has 0 saturated heterocycles. The van der Waals surface area contributed by atoms with Crippen molar-refractivity contribution in [2.24, 2.45) is 0 Å². The lowest BCUT2D eigenvalue weighted by Crippen LogP contribution is -2.37. The summed E-state index contributed by atoms with van der Waals surface area (Å²) >= 11 is 2.00. The predicted molar refractivity (Wildman–Crippen MR) is 58.6 cm³/mol. The molecule has 0 aliphatic rings. The van der Waals surface area contributed by atoms with Gasteiger partial charge in [0.2, 0.25) is 5.91 Å². The van der Waals surface area contributed by atoms with Crippen LogP contribution in [0.3, 0.4) is 0 Å². The van der Waals surface area contributed by atoms with Gasteiger partial charge in [-0.1, -0.05) is 0 Å². The molecule has 4 nitrogen and oxygen atoms in total. The van der Waals surface area contributed by atoms with Gasteiger partial charge in [0.25, 0.3) is 0 Å². The summed E-state index contributed by atoms with van der Waals surface area (Å²) in [6.45, 7) is -1.43. The molecule has 1 aromatic rings. The molecule has 0 spiro atoms. The van der Waals surface area contributed by atoms with Gasteiger partial charge in [-0.15, -0.1) is 0 Å². The van der Waals surface area contributed by atoms with Crippen LogP contribution in [-0.4, -0.2) is 40.4 Å². The highest BCUT2D eigenvalue weighted by atomic mass is 127.